The molecule has 1 N–H and O–H groups in total. The zero-order valence-corrected chi connectivity index (χ0v) is 20.8. The van der Waals surface area contributed by atoms with E-state index in [-0.39, 0.29) is 18.5 Å². The fourth-order valence-corrected chi connectivity index (χ4v) is 4.06. The van der Waals surface area contributed by atoms with Gasteiger partial charge in [-0.25, -0.2) is 0 Å². The molecule has 0 aliphatic heterocycles. The molecular weight excluding hydrogens is 438 g/mol. The Labute approximate surface area is 208 Å². The topological polar surface area (TPSA) is 64.6 Å². The van der Waals surface area contributed by atoms with Crippen LogP contribution in [0.4, 0.5) is 0 Å². The maximum atomic E-state index is 13.0. The summed E-state index contributed by atoms with van der Waals surface area (Å²) in [6.07, 6.45) is 1.78. The van der Waals surface area contributed by atoms with Gasteiger partial charge < -0.3 is 9.47 Å². The van der Waals surface area contributed by atoms with Gasteiger partial charge in [0.05, 0.1) is 7.11 Å². The number of methoxy groups -OCH3 is 1. The van der Waals surface area contributed by atoms with E-state index in [9.17, 15) is 9.59 Å². The second kappa shape index (κ2) is 13.4. The van der Waals surface area contributed by atoms with Crippen LogP contribution in [0.2, 0.25) is 0 Å². The normalized spacial score (nSPS) is 12.7. The van der Waals surface area contributed by atoms with Crippen LogP contribution in [0.3, 0.4) is 0 Å². The van der Waals surface area contributed by atoms with Gasteiger partial charge in [0.15, 0.2) is 0 Å². The summed E-state index contributed by atoms with van der Waals surface area (Å²) in [5, 5.41) is 3.24. The van der Waals surface area contributed by atoms with Crippen LogP contribution in [0.1, 0.15) is 42.5 Å². The van der Waals surface area contributed by atoms with Crippen LogP contribution >= 0.6 is 0 Å². The third-order valence-electron chi connectivity index (χ3n) is 5.79. The standard InChI is InChI=1S/C30H35NO4/c1-22(2)17-27(30(33)35-21-24-13-8-5-9-14-24)31-28(29(32)34-3)20-26-16-10-15-25(19-26)18-23-11-6-4-7-12-23/h4-16,19,22,27-28,31H,17-18,20-21H2,1-3H3/t27-,28?/m0/s1. The van der Waals surface area contributed by atoms with Gasteiger partial charge in [-0.05, 0) is 47.4 Å². The summed E-state index contributed by atoms with van der Waals surface area (Å²) in [6, 6.07) is 26.7. The number of benzene rings is 3. The first-order valence-corrected chi connectivity index (χ1v) is 12.1. The minimum Gasteiger partial charge on any atom is -0.468 e. The first-order valence-electron chi connectivity index (χ1n) is 12.1. The van der Waals surface area contributed by atoms with Crippen LogP contribution in [0.15, 0.2) is 84.9 Å². The molecule has 184 valence electrons. The van der Waals surface area contributed by atoms with Gasteiger partial charge in [0.2, 0.25) is 0 Å². The van der Waals surface area contributed by atoms with Crippen molar-refractivity contribution in [3.05, 3.63) is 107 Å². The summed E-state index contributed by atoms with van der Waals surface area (Å²) in [7, 11) is 1.37. The van der Waals surface area contributed by atoms with Gasteiger partial charge in [0.1, 0.15) is 18.7 Å². The fourth-order valence-electron chi connectivity index (χ4n) is 4.06. The molecule has 5 heteroatoms. The molecule has 0 bridgehead atoms. The Bertz CT molecular complexity index is 1070. The Hall–Kier alpha value is -3.44. The number of carbonyl (C=O) groups is 2. The number of esters is 2. The number of carbonyl (C=O) groups excluding carboxylic acids is 2. The second-order valence-electron chi connectivity index (χ2n) is 9.20. The van der Waals surface area contributed by atoms with Gasteiger partial charge in [-0.15, -0.1) is 0 Å². The third-order valence-corrected chi connectivity index (χ3v) is 5.79. The van der Waals surface area contributed by atoms with Crippen molar-refractivity contribution < 1.29 is 19.1 Å². The van der Waals surface area contributed by atoms with Crippen molar-refractivity contribution in [3.63, 3.8) is 0 Å². The number of nitrogens with one attached hydrogen (secondary N) is 1. The van der Waals surface area contributed by atoms with E-state index < -0.39 is 18.1 Å². The molecule has 0 saturated heterocycles. The highest BCUT2D eigenvalue weighted by Gasteiger charge is 2.29. The van der Waals surface area contributed by atoms with E-state index >= 15 is 0 Å². The molecule has 2 atom stereocenters. The van der Waals surface area contributed by atoms with Gasteiger partial charge in [-0.2, -0.15) is 0 Å². The number of hydrogen-bond donors (Lipinski definition) is 1. The van der Waals surface area contributed by atoms with Crippen LogP contribution in [-0.2, 0) is 38.5 Å². The van der Waals surface area contributed by atoms with Crippen LogP contribution in [-0.4, -0.2) is 31.1 Å². The third kappa shape index (κ3) is 8.69. The molecule has 0 aliphatic rings. The molecule has 0 heterocycles. The van der Waals surface area contributed by atoms with Crippen LogP contribution in [0, 0.1) is 5.92 Å². The molecule has 3 aromatic rings. The maximum Gasteiger partial charge on any atom is 0.323 e. The number of rotatable bonds is 12. The molecule has 5 nitrogen and oxygen atoms in total. The van der Waals surface area contributed by atoms with Gasteiger partial charge in [-0.3, -0.25) is 14.9 Å². The average Bonchev–Trinajstić information content (AvgIpc) is 2.87. The Kier molecular flexibility index (Phi) is 10.1. The van der Waals surface area contributed by atoms with Gasteiger partial charge in [0.25, 0.3) is 0 Å². The summed E-state index contributed by atoms with van der Waals surface area (Å²) in [5.41, 5.74) is 4.31. The molecule has 35 heavy (non-hydrogen) atoms. The molecule has 0 spiro atoms. The van der Waals surface area contributed by atoms with Crippen molar-refractivity contribution in [3.8, 4) is 0 Å². The van der Waals surface area contributed by atoms with E-state index in [2.05, 4.69) is 29.6 Å². The lowest BCUT2D eigenvalue weighted by Crippen LogP contribution is -2.49. The lowest BCUT2D eigenvalue weighted by molar-refractivity contribution is -0.149. The zero-order valence-electron chi connectivity index (χ0n) is 20.8. The molecule has 0 amide bonds. The van der Waals surface area contributed by atoms with E-state index in [1.807, 2.05) is 74.5 Å². The monoisotopic (exact) mass is 473 g/mol. The van der Waals surface area contributed by atoms with Crippen LogP contribution < -0.4 is 5.32 Å². The lowest BCUT2D eigenvalue weighted by atomic mass is 9.98. The summed E-state index contributed by atoms with van der Waals surface area (Å²) in [5.74, 6) is -0.526. The number of ether oxygens (including phenoxy) is 2. The average molecular weight is 474 g/mol. The van der Waals surface area contributed by atoms with Crippen molar-refractivity contribution in [2.75, 3.05) is 7.11 Å². The molecule has 0 radical (unpaired) electrons. The van der Waals surface area contributed by atoms with Crippen molar-refractivity contribution in [1.82, 2.24) is 5.32 Å². The molecule has 0 aliphatic carbocycles. The highest BCUT2D eigenvalue weighted by molar-refractivity contribution is 5.80. The van der Waals surface area contributed by atoms with Gasteiger partial charge in [0, 0.05) is 0 Å². The van der Waals surface area contributed by atoms with Crippen molar-refractivity contribution in [2.24, 2.45) is 5.92 Å². The molecular formula is C30H35NO4. The van der Waals surface area contributed by atoms with Gasteiger partial charge in [-0.1, -0.05) is 98.8 Å². The first kappa shape index (κ1) is 26.2. The van der Waals surface area contributed by atoms with Gasteiger partial charge >= 0.3 is 11.9 Å². The molecule has 3 rings (SSSR count). The molecule has 1 unspecified atom stereocenters. The van der Waals surface area contributed by atoms with Crippen molar-refractivity contribution in [2.45, 2.75) is 51.8 Å². The smallest absolute Gasteiger partial charge is 0.323 e. The van der Waals surface area contributed by atoms with Crippen molar-refractivity contribution >= 4 is 11.9 Å². The Balaban J connectivity index is 1.71. The van der Waals surface area contributed by atoms with E-state index in [1.54, 1.807) is 0 Å². The Morgan fingerprint density at radius 1 is 0.743 bits per heavy atom. The van der Waals surface area contributed by atoms with Crippen LogP contribution in [0.25, 0.3) is 0 Å². The molecule has 3 aromatic carbocycles. The predicted octanol–water partition coefficient (Wildman–Crippen LogP) is 5.11. The summed E-state index contributed by atoms with van der Waals surface area (Å²) in [6.45, 7) is 4.28. The maximum absolute atomic E-state index is 13.0. The minimum absolute atomic E-state index is 0.195. The quantitative estimate of drug-likeness (QED) is 0.371. The molecule has 0 fully saturated rings. The van der Waals surface area contributed by atoms with E-state index in [0.29, 0.717) is 12.8 Å². The molecule has 0 aromatic heterocycles. The SMILES string of the molecule is COC(=O)C(Cc1cccc(Cc2ccccc2)c1)N[C@@H](CC(C)C)C(=O)OCc1ccccc1. The zero-order chi connectivity index (χ0) is 25.0. The lowest BCUT2D eigenvalue weighted by Gasteiger charge is -2.24. The number of hydrogen-bond acceptors (Lipinski definition) is 5. The Morgan fingerprint density at radius 3 is 1.97 bits per heavy atom. The fraction of sp³-hybridized carbons (Fsp3) is 0.333. The largest absolute Gasteiger partial charge is 0.468 e. The van der Waals surface area contributed by atoms with Crippen molar-refractivity contribution in [1.29, 1.82) is 0 Å². The highest BCUT2D eigenvalue weighted by Crippen LogP contribution is 2.15. The summed E-state index contributed by atoms with van der Waals surface area (Å²) >= 11 is 0. The van der Waals surface area contributed by atoms with Crippen LogP contribution in [0.5, 0.6) is 0 Å². The highest BCUT2D eigenvalue weighted by atomic mass is 16.5. The Morgan fingerprint density at radius 2 is 1.34 bits per heavy atom. The minimum atomic E-state index is -0.667. The van der Waals surface area contributed by atoms with E-state index in [4.69, 9.17) is 9.47 Å². The summed E-state index contributed by atoms with van der Waals surface area (Å²) in [4.78, 5) is 25.7. The predicted molar refractivity (Wildman–Crippen MR) is 138 cm³/mol. The first-order chi connectivity index (χ1) is 16.9. The summed E-state index contributed by atoms with van der Waals surface area (Å²) < 4.78 is 10.7. The van der Waals surface area contributed by atoms with E-state index in [1.165, 1.54) is 18.2 Å². The molecule has 0 saturated carbocycles. The van der Waals surface area contributed by atoms with E-state index in [0.717, 1.165) is 17.5 Å². The second-order valence-corrected chi connectivity index (χ2v) is 9.20.